The second-order valence-electron chi connectivity index (χ2n) is 6.21. The SMILES string of the molecule is CC(C)(C)[S+]([O-])NC(c1cccc(Br)n1)C1(F)CCC1. The van der Waals surface area contributed by atoms with Crippen LogP contribution in [0.15, 0.2) is 22.8 Å². The van der Waals surface area contributed by atoms with Gasteiger partial charge in [0.2, 0.25) is 0 Å². The Balaban J connectivity index is 2.26. The second-order valence-corrected chi connectivity index (χ2v) is 9.02. The van der Waals surface area contributed by atoms with Gasteiger partial charge < -0.3 is 4.55 Å². The van der Waals surface area contributed by atoms with E-state index in [1.807, 2.05) is 26.8 Å². The number of alkyl halides is 1. The Morgan fingerprint density at radius 1 is 1.45 bits per heavy atom. The summed E-state index contributed by atoms with van der Waals surface area (Å²) in [5.41, 5.74) is -0.756. The summed E-state index contributed by atoms with van der Waals surface area (Å²) >= 11 is 1.97. The molecule has 0 saturated heterocycles. The molecule has 1 heterocycles. The largest absolute Gasteiger partial charge is 0.598 e. The molecule has 2 unspecified atom stereocenters. The molecule has 1 saturated carbocycles. The van der Waals surface area contributed by atoms with Crippen molar-refractivity contribution in [1.82, 2.24) is 9.71 Å². The van der Waals surface area contributed by atoms with E-state index < -0.39 is 27.8 Å². The highest BCUT2D eigenvalue weighted by Crippen LogP contribution is 2.46. The van der Waals surface area contributed by atoms with Gasteiger partial charge in [-0.3, -0.25) is 0 Å². The van der Waals surface area contributed by atoms with E-state index in [4.69, 9.17) is 0 Å². The Bertz CT molecular complexity index is 476. The third-order valence-corrected chi connectivity index (χ3v) is 5.52. The minimum Gasteiger partial charge on any atom is -0.598 e. The second kappa shape index (κ2) is 5.91. The van der Waals surface area contributed by atoms with Gasteiger partial charge in [0.25, 0.3) is 0 Å². The predicted molar refractivity (Wildman–Crippen MR) is 83.4 cm³/mol. The molecule has 0 radical (unpaired) electrons. The quantitative estimate of drug-likeness (QED) is 0.653. The van der Waals surface area contributed by atoms with Crippen molar-refractivity contribution >= 4 is 27.3 Å². The van der Waals surface area contributed by atoms with E-state index in [-0.39, 0.29) is 0 Å². The van der Waals surface area contributed by atoms with Crippen LogP contribution in [0.2, 0.25) is 0 Å². The molecule has 1 aliphatic carbocycles. The van der Waals surface area contributed by atoms with Crippen LogP contribution in [0, 0.1) is 0 Å². The summed E-state index contributed by atoms with van der Waals surface area (Å²) in [6.07, 6.45) is 1.84. The molecule has 0 aromatic carbocycles. The predicted octanol–water partition coefficient (Wildman–Crippen LogP) is 3.83. The van der Waals surface area contributed by atoms with Gasteiger partial charge in [0.1, 0.15) is 21.1 Å². The molecular weight excluding hydrogens is 343 g/mol. The summed E-state index contributed by atoms with van der Waals surface area (Å²) in [6.45, 7) is 5.60. The summed E-state index contributed by atoms with van der Waals surface area (Å²) in [7, 11) is 0. The lowest BCUT2D eigenvalue weighted by molar-refractivity contribution is 0.0261. The molecule has 0 spiro atoms. The van der Waals surface area contributed by atoms with Crippen LogP contribution < -0.4 is 4.72 Å². The molecule has 0 aliphatic heterocycles. The van der Waals surface area contributed by atoms with Crippen molar-refractivity contribution in [3.8, 4) is 0 Å². The lowest BCUT2D eigenvalue weighted by Gasteiger charge is -2.41. The van der Waals surface area contributed by atoms with Gasteiger partial charge in [-0.05, 0) is 68.1 Å². The fourth-order valence-corrected chi connectivity index (χ4v) is 3.36. The lowest BCUT2D eigenvalue weighted by atomic mass is 9.75. The first kappa shape index (κ1) is 16.2. The van der Waals surface area contributed by atoms with Crippen molar-refractivity contribution in [3.05, 3.63) is 28.5 Å². The molecule has 6 heteroatoms. The number of hydrogen-bond acceptors (Lipinski definition) is 3. The Hall–Kier alpha value is -0.170. The summed E-state index contributed by atoms with van der Waals surface area (Å²) < 4.78 is 30.4. The van der Waals surface area contributed by atoms with Crippen molar-refractivity contribution < 1.29 is 8.94 Å². The molecule has 0 bridgehead atoms. The standard InChI is InChI=1S/C14H20BrFN2OS/c1-13(2,3)20(19)18-12(14(16)8-5-9-14)10-6-4-7-11(15)17-10/h4,6-7,12,18H,5,8-9H2,1-3H3. The first-order chi connectivity index (χ1) is 9.22. The number of hydrogen-bond donors (Lipinski definition) is 1. The van der Waals surface area contributed by atoms with E-state index in [9.17, 15) is 8.94 Å². The van der Waals surface area contributed by atoms with Crippen molar-refractivity contribution in [2.45, 2.75) is 56.5 Å². The van der Waals surface area contributed by atoms with Crippen LogP contribution in [-0.4, -0.2) is 20.0 Å². The van der Waals surface area contributed by atoms with Gasteiger partial charge in [0.15, 0.2) is 0 Å². The molecule has 1 aromatic rings. The molecule has 1 fully saturated rings. The molecular formula is C14H20BrFN2OS. The molecule has 20 heavy (non-hydrogen) atoms. The average molecular weight is 363 g/mol. The van der Waals surface area contributed by atoms with Gasteiger partial charge >= 0.3 is 0 Å². The molecule has 1 N–H and O–H groups in total. The molecule has 3 nitrogen and oxygen atoms in total. The van der Waals surface area contributed by atoms with Crippen molar-refractivity contribution in [1.29, 1.82) is 0 Å². The van der Waals surface area contributed by atoms with Crippen LogP contribution >= 0.6 is 15.9 Å². The Labute approximate surface area is 131 Å². The van der Waals surface area contributed by atoms with Crippen LogP contribution in [0.4, 0.5) is 4.39 Å². The summed E-state index contributed by atoms with van der Waals surface area (Å²) in [6, 6.07) is 4.77. The Kier molecular flexibility index (Phi) is 4.79. The first-order valence-corrected chi connectivity index (χ1v) is 8.66. The van der Waals surface area contributed by atoms with E-state index in [0.717, 1.165) is 6.42 Å². The highest BCUT2D eigenvalue weighted by Gasteiger charge is 2.49. The van der Waals surface area contributed by atoms with Crippen LogP contribution in [0.5, 0.6) is 0 Å². The van der Waals surface area contributed by atoms with Gasteiger partial charge in [0, 0.05) is 11.4 Å². The smallest absolute Gasteiger partial charge is 0.136 e. The van der Waals surface area contributed by atoms with Crippen LogP contribution in [0.1, 0.15) is 51.8 Å². The number of halogens is 2. The summed E-state index contributed by atoms with van der Waals surface area (Å²) in [5, 5.41) is 0. The van der Waals surface area contributed by atoms with Gasteiger partial charge in [0.05, 0.1) is 5.69 Å². The lowest BCUT2D eigenvalue weighted by Crippen LogP contribution is -2.51. The van der Waals surface area contributed by atoms with E-state index in [1.165, 1.54) is 0 Å². The van der Waals surface area contributed by atoms with Crippen molar-refractivity contribution in [2.24, 2.45) is 0 Å². The average Bonchev–Trinajstić information content (AvgIpc) is 2.31. The van der Waals surface area contributed by atoms with Gasteiger partial charge in [-0.25, -0.2) is 9.37 Å². The zero-order valence-corrected chi connectivity index (χ0v) is 14.4. The zero-order chi connectivity index (χ0) is 15.0. The van der Waals surface area contributed by atoms with Crippen molar-refractivity contribution in [2.75, 3.05) is 0 Å². The minimum atomic E-state index is -1.35. The van der Waals surface area contributed by atoms with Gasteiger partial charge in [-0.15, -0.1) is 4.72 Å². The van der Waals surface area contributed by atoms with E-state index >= 15 is 0 Å². The molecule has 0 amide bonds. The third kappa shape index (κ3) is 3.53. The topological polar surface area (TPSA) is 48.0 Å². The van der Waals surface area contributed by atoms with E-state index in [0.29, 0.717) is 23.1 Å². The zero-order valence-electron chi connectivity index (χ0n) is 12.0. The number of aromatic nitrogens is 1. The monoisotopic (exact) mass is 362 g/mol. The van der Waals surface area contributed by atoms with Crippen LogP contribution in [0.25, 0.3) is 0 Å². The molecule has 2 rings (SSSR count). The molecule has 112 valence electrons. The first-order valence-electron chi connectivity index (χ1n) is 6.72. The number of rotatable bonds is 4. The number of nitrogens with one attached hydrogen (secondary N) is 1. The molecule has 1 aromatic heterocycles. The van der Waals surface area contributed by atoms with E-state index in [1.54, 1.807) is 12.1 Å². The third-order valence-electron chi connectivity index (χ3n) is 3.52. The highest BCUT2D eigenvalue weighted by atomic mass is 79.9. The normalized spacial score (nSPS) is 21.1. The maximum absolute atomic E-state index is 14.9. The molecule has 2 atom stereocenters. The fraction of sp³-hybridized carbons (Fsp3) is 0.643. The number of nitrogens with zero attached hydrogens (tertiary/aromatic N) is 1. The van der Waals surface area contributed by atoms with E-state index in [2.05, 4.69) is 25.6 Å². The van der Waals surface area contributed by atoms with Crippen molar-refractivity contribution in [3.63, 3.8) is 0 Å². The number of pyridine rings is 1. The Morgan fingerprint density at radius 2 is 2.10 bits per heavy atom. The molecule has 1 aliphatic rings. The summed E-state index contributed by atoms with van der Waals surface area (Å²) in [4.78, 5) is 4.34. The fourth-order valence-electron chi connectivity index (χ4n) is 2.10. The van der Waals surface area contributed by atoms with Crippen LogP contribution in [0.3, 0.4) is 0 Å². The van der Waals surface area contributed by atoms with Gasteiger partial charge in [-0.2, -0.15) is 0 Å². The van der Waals surface area contributed by atoms with Crippen LogP contribution in [-0.2, 0) is 11.4 Å². The maximum Gasteiger partial charge on any atom is 0.136 e. The highest BCUT2D eigenvalue weighted by molar-refractivity contribution is 9.10. The maximum atomic E-state index is 14.9. The van der Waals surface area contributed by atoms with Gasteiger partial charge in [-0.1, -0.05) is 6.07 Å². The summed E-state index contributed by atoms with van der Waals surface area (Å²) in [5.74, 6) is 0. The Morgan fingerprint density at radius 3 is 2.55 bits per heavy atom. The minimum absolute atomic E-state index is 0.440.